The van der Waals surface area contributed by atoms with Gasteiger partial charge >= 0.3 is 17.8 Å². The van der Waals surface area contributed by atoms with Crippen molar-refractivity contribution < 1.29 is 28.6 Å². The highest BCUT2D eigenvalue weighted by molar-refractivity contribution is 6.37. The van der Waals surface area contributed by atoms with Crippen molar-refractivity contribution in [3.63, 3.8) is 0 Å². The molecular formula is C18H23NO6. The Balaban J connectivity index is 1.82. The van der Waals surface area contributed by atoms with Crippen LogP contribution in [0.25, 0.3) is 0 Å². The number of esters is 2. The second kappa shape index (κ2) is 9.17. The topological polar surface area (TPSA) is 90.9 Å². The van der Waals surface area contributed by atoms with E-state index in [2.05, 4.69) is 14.8 Å². The van der Waals surface area contributed by atoms with E-state index in [-0.39, 0.29) is 18.7 Å². The molecule has 0 atom stereocenters. The van der Waals surface area contributed by atoms with Crippen molar-refractivity contribution in [1.29, 1.82) is 0 Å². The highest BCUT2D eigenvalue weighted by atomic mass is 16.6. The number of amides is 1. The van der Waals surface area contributed by atoms with E-state index < -0.39 is 11.9 Å². The van der Waals surface area contributed by atoms with E-state index in [0.29, 0.717) is 11.6 Å². The van der Waals surface area contributed by atoms with E-state index in [9.17, 15) is 14.4 Å². The monoisotopic (exact) mass is 349 g/mol. The summed E-state index contributed by atoms with van der Waals surface area (Å²) in [5, 5.41) is 2.49. The Kier molecular flexibility index (Phi) is 6.94. The SMILES string of the molecule is COC(=O)COC1CCC(c2ccc(NC(=O)C(=O)OC)cc2)CC1. The highest BCUT2D eigenvalue weighted by Gasteiger charge is 2.23. The largest absolute Gasteiger partial charge is 0.467 e. The first-order chi connectivity index (χ1) is 12.0. The number of benzene rings is 1. The molecule has 0 saturated heterocycles. The molecule has 1 N–H and O–H groups in total. The number of carbonyl (C=O) groups is 3. The molecule has 0 bridgehead atoms. The maximum absolute atomic E-state index is 11.5. The van der Waals surface area contributed by atoms with Gasteiger partial charge in [-0.2, -0.15) is 0 Å². The van der Waals surface area contributed by atoms with Crippen LogP contribution in [0.5, 0.6) is 0 Å². The molecule has 1 saturated carbocycles. The summed E-state index contributed by atoms with van der Waals surface area (Å²) in [4.78, 5) is 33.7. The Morgan fingerprint density at radius 2 is 1.64 bits per heavy atom. The fraction of sp³-hybridized carbons (Fsp3) is 0.500. The molecule has 1 aliphatic rings. The second-order valence-electron chi connectivity index (χ2n) is 5.93. The van der Waals surface area contributed by atoms with E-state index >= 15 is 0 Å². The highest BCUT2D eigenvalue weighted by Crippen LogP contribution is 2.34. The van der Waals surface area contributed by atoms with Gasteiger partial charge in [0.2, 0.25) is 0 Å². The first-order valence-corrected chi connectivity index (χ1v) is 8.21. The van der Waals surface area contributed by atoms with Gasteiger partial charge in [-0.3, -0.25) is 4.79 Å². The molecule has 1 aromatic carbocycles. The molecule has 7 nitrogen and oxygen atoms in total. The minimum atomic E-state index is -0.922. The van der Waals surface area contributed by atoms with Crippen LogP contribution in [0.4, 0.5) is 5.69 Å². The maximum Gasteiger partial charge on any atom is 0.396 e. The normalized spacial score (nSPS) is 19.8. The van der Waals surface area contributed by atoms with E-state index in [1.807, 2.05) is 12.1 Å². The van der Waals surface area contributed by atoms with Gasteiger partial charge in [0.25, 0.3) is 0 Å². The van der Waals surface area contributed by atoms with Crippen LogP contribution in [0.1, 0.15) is 37.2 Å². The molecule has 2 rings (SSSR count). The van der Waals surface area contributed by atoms with Gasteiger partial charge < -0.3 is 19.5 Å². The number of nitrogens with one attached hydrogen (secondary N) is 1. The summed E-state index contributed by atoms with van der Waals surface area (Å²) in [6.45, 7) is 0.000419. The van der Waals surface area contributed by atoms with Crippen molar-refractivity contribution in [3.8, 4) is 0 Å². The van der Waals surface area contributed by atoms with Crippen LogP contribution in [-0.2, 0) is 28.6 Å². The summed E-state index contributed by atoms with van der Waals surface area (Å²) in [7, 11) is 2.51. The Morgan fingerprint density at radius 3 is 2.20 bits per heavy atom. The molecule has 1 aliphatic carbocycles. The van der Waals surface area contributed by atoms with Crippen LogP contribution < -0.4 is 5.32 Å². The average Bonchev–Trinajstić information content (AvgIpc) is 2.66. The third-order valence-electron chi connectivity index (χ3n) is 4.35. The first kappa shape index (κ1) is 18.9. The average molecular weight is 349 g/mol. The number of methoxy groups -OCH3 is 2. The van der Waals surface area contributed by atoms with Crippen LogP contribution in [0.2, 0.25) is 0 Å². The van der Waals surface area contributed by atoms with Crippen molar-refractivity contribution in [2.45, 2.75) is 37.7 Å². The fourth-order valence-electron chi connectivity index (χ4n) is 2.92. The Hall–Kier alpha value is -2.41. The summed E-state index contributed by atoms with van der Waals surface area (Å²) in [5.41, 5.74) is 1.73. The second-order valence-corrected chi connectivity index (χ2v) is 5.93. The number of ether oxygens (including phenoxy) is 3. The van der Waals surface area contributed by atoms with Gasteiger partial charge in [0.05, 0.1) is 20.3 Å². The van der Waals surface area contributed by atoms with Crippen molar-refractivity contribution in [3.05, 3.63) is 29.8 Å². The van der Waals surface area contributed by atoms with E-state index in [0.717, 1.165) is 32.8 Å². The molecule has 1 aromatic rings. The lowest BCUT2D eigenvalue weighted by Gasteiger charge is -2.28. The molecule has 0 radical (unpaired) electrons. The smallest absolute Gasteiger partial charge is 0.396 e. The fourth-order valence-corrected chi connectivity index (χ4v) is 2.92. The van der Waals surface area contributed by atoms with Crippen LogP contribution >= 0.6 is 0 Å². The quantitative estimate of drug-likeness (QED) is 0.646. The zero-order valence-electron chi connectivity index (χ0n) is 14.4. The number of hydrogen-bond donors (Lipinski definition) is 1. The molecule has 7 heteroatoms. The number of rotatable bonds is 5. The number of carbonyl (C=O) groups excluding carboxylic acids is 3. The third-order valence-corrected chi connectivity index (χ3v) is 4.35. The Labute approximate surface area is 146 Å². The van der Waals surface area contributed by atoms with Gasteiger partial charge in [-0.05, 0) is 49.3 Å². The molecular weight excluding hydrogens is 326 g/mol. The summed E-state index contributed by atoms with van der Waals surface area (Å²) in [5.74, 6) is -1.65. The van der Waals surface area contributed by atoms with Crippen LogP contribution in [0.3, 0.4) is 0 Å². The van der Waals surface area contributed by atoms with E-state index in [1.165, 1.54) is 12.7 Å². The summed E-state index contributed by atoms with van der Waals surface area (Å²) in [6, 6.07) is 7.45. The Morgan fingerprint density at radius 1 is 1.00 bits per heavy atom. The van der Waals surface area contributed by atoms with E-state index in [1.54, 1.807) is 12.1 Å². The van der Waals surface area contributed by atoms with Crippen molar-refractivity contribution in [1.82, 2.24) is 0 Å². The van der Waals surface area contributed by atoms with Gasteiger partial charge in [0.15, 0.2) is 0 Å². The number of hydrogen-bond acceptors (Lipinski definition) is 6. The molecule has 0 spiro atoms. The molecule has 0 heterocycles. The lowest BCUT2D eigenvalue weighted by atomic mass is 9.82. The maximum atomic E-state index is 11.5. The van der Waals surface area contributed by atoms with Gasteiger partial charge in [-0.1, -0.05) is 12.1 Å². The van der Waals surface area contributed by atoms with Crippen LogP contribution in [0, 0.1) is 0 Å². The van der Waals surface area contributed by atoms with E-state index in [4.69, 9.17) is 4.74 Å². The zero-order chi connectivity index (χ0) is 18.2. The zero-order valence-corrected chi connectivity index (χ0v) is 14.4. The summed E-state index contributed by atoms with van der Waals surface area (Å²) < 4.78 is 14.5. The lowest BCUT2D eigenvalue weighted by molar-refractivity contribution is -0.150. The van der Waals surface area contributed by atoms with Crippen LogP contribution in [-0.4, -0.2) is 44.8 Å². The molecule has 0 unspecified atom stereocenters. The predicted molar refractivity (Wildman–Crippen MR) is 90.1 cm³/mol. The molecule has 1 amide bonds. The first-order valence-electron chi connectivity index (χ1n) is 8.21. The summed E-state index contributed by atoms with van der Waals surface area (Å²) >= 11 is 0. The standard InChI is InChI=1S/C18H23NO6/c1-23-16(20)11-25-15-9-5-13(6-10-15)12-3-7-14(8-4-12)19-17(21)18(22)24-2/h3-4,7-8,13,15H,5-6,9-11H2,1-2H3,(H,19,21). The molecule has 1 fully saturated rings. The van der Waals surface area contributed by atoms with Gasteiger partial charge in [0.1, 0.15) is 6.61 Å². The van der Waals surface area contributed by atoms with Crippen molar-refractivity contribution in [2.24, 2.45) is 0 Å². The Bertz CT molecular complexity index is 604. The lowest BCUT2D eigenvalue weighted by Crippen LogP contribution is -2.24. The number of anilines is 1. The minimum absolute atomic E-state index is 0.000419. The van der Waals surface area contributed by atoms with Gasteiger partial charge in [-0.25, -0.2) is 9.59 Å². The molecule has 136 valence electrons. The molecule has 0 aromatic heterocycles. The molecule has 25 heavy (non-hydrogen) atoms. The summed E-state index contributed by atoms with van der Waals surface area (Å²) in [6.07, 6.45) is 3.82. The predicted octanol–water partition coefficient (Wildman–Crippen LogP) is 2.01. The van der Waals surface area contributed by atoms with Gasteiger partial charge in [-0.15, -0.1) is 0 Å². The van der Waals surface area contributed by atoms with Crippen LogP contribution in [0.15, 0.2) is 24.3 Å². The van der Waals surface area contributed by atoms with Crippen molar-refractivity contribution in [2.75, 3.05) is 26.1 Å². The van der Waals surface area contributed by atoms with Crippen molar-refractivity contribution >= 4 is 23.5 Å². The minimum Gasteiger partial charge on any atom is -0.467 e. The molecule has 0 aliphatic heterocycles. The van der Waals surface area contributed by atoms with Gasteiger partial charge in [0, 0.05) is 5.69 Å². The third kappa shape index (κ3) is 5.56.